The van der Waals surface area contributed by atoms with Gasteiger partial charge >= 0.3 is 5.69 Å². The van der Waals surface area contributed by atoms with Crippen LogP contribution in [0.1, 0.15) is 32.6 Å². The van der Waals surface area contributed by atoms with Crippen molar-refractivity contribution in [3.05, 3.63) is 20.8 Å². The predicted molar refractivity (Wildman–Crippen MR) is 78.1 cm³/mol. The van der Waals surface area contributed by atoms with E-state index in [0.717, 1.165) is 12.8 Å². The van der Waals surface area contributed by atoms with Crippen molar-refractivity contribution in [1.29, 1.82) is 0 Å². The smallest absolute Gasteiger partial charge is 0.330 e. The highest BCUT2D eigenvalue weighted by atomic mass is 16.3. The Balaban J connectivity index is 2.37. The quantitative estimate of drug-likeness (QED) is 0.714. The van der Waals surface area contributed by atoms with Crippen LogP contribution in [0, 0.1) is 0 Å². The van der Waals surface area contributed by atoms with E-state index in [1.807, 2.05) is 11.8 Å². The van der Waals surface area contributed by atoms with Crippen molar-refractivity contribution in [2.75, 3.05) is 23.7 Å². The molecule has 112 valence electrons. The number of piperidine rings is 1. The maximum absolute atomic E-state index is 12.0. The number of hydrogen-bond donors (Lipinski definition) is 3. The third-order valence-corrected chi connectivity index (χ3v) is 3.73. The average molecular weight is 282 g/mol. The highest BCUT2D eigenvalue weighted by Gasteiger charge is 2.23. The van der Waals surface area contributed by atoms with Crippen molar-refractivity contribution in [3.63, 3.8) is 0 Å². The lowest BCUT2D eigenvalue weighted by Gasteiger charge is -2.31. The third-order valence-electron chi connectivity index (χ3n) is 3.73. The summed E-state index contributed by atoms with van der Waals surface area (Å²) in [4.78, 5) is 28.0. The summed E-state index contributed by atoms with van der Waals surface area (Å²) in [5, 5.41) is 9.53. The van der Waals surface area contributed by atoms with Gasteiger partial charge in [-0.1, -0.05) is 13.3 Å². The molecule has 1 saturated heterocycles. The summed E-state index contributed by atoms with van der Waals surface area (Å²) in [6, 6.07) is 0. The maximum Gasteiger partial charge on any atom is 0.330 e. The molecule has 0 spiro atoms. The Kier molecular flexibility index (Phi) is 4.49. The minimum atomic E-state index is -0.457. The van der Waals surface area contributed by atoms with Gasteiger partial charge in [0, 0.05) is 19.6 Å². The van der Waals surface area contributed by atoms with Crippen LogP contribution in [0.2, 0.25) is 0 Å². The molecule has 0 bridgehead atoms. The van der Waals surface area contributed by atoms with Gasteiger partial charge in [0.25, 0.3) is 5.56 Å². The lowest BCUT2D eigenvalue weighted by atomic mass is 10.1. The Morgan fingerprint density at radius 2 is 2.00 bits per heavy atom. The monoisotopic (exact) mass is 282 g/mol. The van der Waals surface area contributed by atoms with E-state index < -0.39 is 11.2 Å². The average Bonchev–Trinajstić information content (AvgIpc) is 2.40. The van der Waals surface area contributed by atoms with E-state index in [-0.39, 0.29) is 11.9 Å². The van der Waals surface area contributed by atoms with Crippen LogP contribution in [0.3, 0.4) is 0 Å². The molecule has 0 aliphatic carbocycles. The number of aromatic amines is 1. The van der Waals surface area contributed by atoms with Crippen LogP contribution in [-0.4, -0.2) is 33.9 Å². The number of nitrogens with zero attached hydrogens (tertiary/aromatic N) is 2. The van der Waals surface area contributed by atoms with Gasteiger partial charge in [0.05, 0.1) is 6.10 Å². The summed E-state index contributed by atoms with van der Waals surface area (Å²) in [7, 11) is 0. The first-order valence-electron chi connectivity index (χ1n) is 7.10. The summed E-state index contributed by atoms with van der Waals surface area (Å²) in [5.74, 6) is 0.226. The van der Waals surface area contributed by atoms with Gasteiger partial charge in [0.1, 0.15) is 11.5 Å². The molecule has 1 aliphatic rings. The second kappa shape index (κ2) is 6.13. The first-order chi connectivity index (χ1) is 9.54. The fourth-order valence-electron chi connectivity index (χ4n) is 2.51. The van der Waals surface area contributed by atoms with E-state index in [0.29, 0.717) is 38.2 Å². The number of rotatable bonds is 4. The van der Waals surface area contributed by atoms with Crippen molar-refractivity contribution in [3.8, 4) is 0 Å². The molecule has 4 N–H and O–H groups in total. The van der Waals surface area contributed by atoms with E-state index in [2.05, 4.69) is 4.98 Å². The fourth-order valence-corrected chi connectivity index (χ4v) is 2.51. The molecule has 0 amide bonds. The largest absolute Gasteiger partial charge is 0.393 e. The van der Waals surface area contributed by atoms with Gasteiger partial charge in [-0.25, -0.2) is 4.79 Å². The van der Waals surface area contributed by atoms with Crippen LogP contribution in [0.25, 0.3) is 0 Å². The molecule has 2 heterocycles. The minimum absolute atomic E-state index is 0.226. The summed E-state index contributed by atoms with van der Waals surface area (Å²) in [6.07, 6.45) is 2.65. The van der Waals surface area contributed by atoms with Crippen LogP contribution >= 0.6 is 0 Å². The predicted octanol–water partition coefficient (Wildman–Crippen LogP) is -0.120. The highest BCUT2D eigenvalue weighted by Crippen LogP contribution is 2.21. The molecular weight excluding hydrogens is 260 g/mol. The fraction of sp³-hybridized carbons (Fsp3) is 0.692. The standard InChI is InChI=1S/C13H22N4O3/c1-2-3-6-17-11(14)10(12(19)15-13(17)20)16-7-4-9(18)5-8-16/h9,18H,2-8,14H2,1H3,(H,15,19,20). The van der Waals surface area contributed by atoms with E-state index in [9.17, 15) is 14.7 Å². The maximum atomic E-state index is 12.0. The normalized spacial score (nSPS) is 16.6. The van der Waals surface area contributed by atoms with Crippen LogP contribution in [0.15, 0.2) is 9.59 Å². The van der Waals surface area contributed by atoms with Crippen LogP contribution in [0.4, 0.5) is 11.5 Å². The second-order valence-corrected chi connectivity index (χ2v) is 5.22. The van der Waals surface area contributed by atoms with Crippen molar-refractivity contribution in [2.24, 2.45) is 0 Å². The number of aromatic nitrogens is 2. The molecule has 0 unspecified atom stereocenters. The van der Waals surface area contributed by atoms with Crippen LogP contribution in [0.5, 0.6) is 0 Å². The van der Waals surface area contributed by atoms with E-state index in [1.165, 1.54) is 4.57 Å². The van der Waals surface area contributed by atoms with E-state index >= 15 is 0 Å². The van der Waals surface area contributed by atoms with Gasteiger partial charge in [0.15, 0.2) is 0 Å². The van der Waals surface area contributed by atoms with Crippen molar-refractivity contribution in [1.82, 2.24) is 9.55 Å². The molecule has 0 atom stereocenters. The lowest BCUT2D eigenvalue weighted by molar-refractivity contribution is 0.145. The number of nitrogens with two attached hydrogens (primary N) is 1. The Morgan fingerprint density at radius 3 is 2.60 bits per heavy atom. The molecule has 1 aromatic rings. The van der Waals surface area contributed by atoms with Crippen LogP contribution < -0.4 is 21.9 Å². The molecule has 1 aromatic heterocycles. The Labute approximate surface area is 117 Å². The molecule has 1 aliphatic heterocycles. The Morgan fingerprint density at radius 1 is 1.35 bits per heavy atom. The highest BCUT2D eigenvalue weighted by molar-refractivity contribution is 5.62. The number of unbranched alkanes of at least 4 members (excludes halogenated alkanes) is 1. The zero-order valence-electron chi connectivity index (χ0n) is 11.8. The molecule has 0 radical (unpaired) electrons. The Hall–Kier alpha value is -1.76. The molecule has 7 heteroatoms. The van der Waals surface area contributed by atoms with Gasteiger partial charge in [-0.05, 0) is 19.3 Å². The number of nitrogen functional groups attached to an aromatic ring is 1. The zero-order valence-corrected chi connectivity index (χ0v) is 11.8. The van der Waals surface area contributed by atoms with Crippen molar-refractivity contribution in [2.45, 2.75) is 45.3 Å². The summed E-state index contributed by atoms with van der Waals surface area (Å²) < 4.78 is 1.42. The number of hydrogen-bond acceptors (Lipinski definition) is 5. The van der Waals surface area contributed by atoms with Gasteiger partial charge < -0.3 is 15.7 Å². The first kappa shape index (κ1) is 14.6. The van der Waals surface area contributed by atoms with Gasteiger partial charge in [-0.2, -0.15) is 0 Å². The van der Waals surface area contributed by atoms with Crippen LogP contribution in [-0.2, 0) is 6.54 Å². The molecule has 7 nitrogen and oxygen atoms in total. The molecule has 0 saturated carbocycles. The third kappa shape index (κ3) is 2.87. The number of anilines is 2. The number of aliphatic hydroxyl groups excluding tert-OH is 1. The van der Waals surface area contributed by atoms with Gasteiger partial charge in [0.2, 0.25) is 0 Å². The number of nitrogens with one attached hydrogen (secondary N) is 1. The molecule has 0 aromatic carbocycles. The number of aliphatic hydroxyl groups is 1. The van der Waals surface area contributed by atoms with Gasteiger partial charge in [-0.3, -0.25) is 14.3 Å². The summed E-state index contributed by atoms with van der Waals surface area (Å²) in [6.45, 7) is 3.67. The minimum Gasteiger partial charge on any atom is -0.393 e. The zero-order chi connectivity index (χ0) is 14.7. The van der Waals surface area contributed by atoms with E-state index in [4.69, 9.17) is 5.73 Å². The van der Waals surface area contributed by atoms with Crippen molar-refractivity contribution < 1.29 is 5.11 Å². The summed E-state index contributed by atoms with van der Waals surface area (Å²) >= 11 is 0. The second-order valence-electron chi connectivity index (χ2n) is 5.22. The Bertz CT molecular complexity index is 570. The topological polar surface area (TPSA) is 104 Å². The molecule has 20 heavy (non-hydrogen) atoms. The molecule has 1 fully saturated rings. The van der Waals surface area contributed by atoms with E-state index in [1.54, 1.807) is 0 Å². The summed E-state index contributed by atoms with van der Waals surface area (Å²) in [5.41, 5.74) is 5.48. The van der Waals surface area contributed by atoms with Gasteiger partial charge in [-0.15, -0.1) is 0 Å². The first-order valence-corrected chi connectivity index (χ1v) is 7.10. The molecular formula is C13H22N4O3. The SMILES string of the molecule is CCCCn1c(N)c(N2CCC(O)CC2)c(=O)[nH]c1=O. The lowest BCUT2D eigenvalue weighted by Crippen LogP contribution is -2.42. The number of H-pyrrole nitrogens is 1. The van der Waals surface area contributed by atoms with Crippen molar-refractivity contribution >= 4 is 11.5 Å². The molecule has 2 rings (SSSR count).